The summed E-state index contributed by atoms with van der Waals surface area (Å²) in [6.45, 7) is -0.518. The van der Waals surface area contributed by atoms with Crippen LogP contribution in [-0.4, -0.2) is 38.5 Å². The lowest BCUT2D eigenvalue weighted by Gasteiger charge is -2.05. The van der Waals surface area contributed by atoms with Crippen molar-refractivity contribution in [2.45, 2.75) is 0 Å². The van der Waals surface area contributed by atoms with Crippen LogP contribution in [0.3, 0.4) is 0 Å². The van der Waals surface area contributed by atoms with E-state index in [0.29, 0.717) is 11.1 Å². The second kappa shape index (κ2) is 9.28. The lowest BCUT2D eigenvalue weighted by Crippen LogP contribution is -2.12. The maximum absolute atomic E-state index is 13.6. The molecule has 0 heterocycles. The lowest BCUT2D eigenvalue weighted by atomic mass is 10.1. The number of ether oxygens (including phenoxy) is 3. The summed E-state index contributed by atoms with van der Waals surface area (Å²) in [7, 11) is 2.60. The average Bonchev–Trinajstić information content (AvgIpc) is 2.70. The summed E-state index contributed by atoms with van der Waals surface area (Å²) in [6.07, 6.45) is 2.62. The molecule has 7 heteroatoms. The van der Waals surface area contributed by atoms with Gasteiger partial charge in [-0.1, -0.05) is 12.1 Å². The number of methoxy groups -OCH3 is 2. The predicted octanol–water partition coefficient (Wildman–Crippen LogP) is 3.06. The van der Waals surface area contributed by atoms with Crippen molar-refractivity contribution < 1.29 is 33.0 Å². The Morgan fingerprint density at radius 2 is 1.67 bits per heavy atom. The SMILES string of the molecule is COC(=O)c1ccc(/C=C/C(=O)OCC(=O)c2ccc(OC)c(F)c2)cc1. The fraction of sp³-hybridized carbons (Fsp3) is 0.150. The van der Waals surface area contributed by atoms with Gasteiger partial charge in [0.05, 0.1) is 19.8 Å². The van der Waals surface area contributed by atoms with Crippen molar-refractivity contribution >= 4 is 23.8 Å². The molecule has 0 aliphatic carbocycles. The molecule has 2 rings (SSSR count). The van der Waals surface area contributed by atoms with Crippen molar-refractivity contribution in [1.82, 2.24) is 0 Å². The number of hydrogen-bond acceptors (Lipinski definition) is 6. The first-order valence-corrected chi connectivity index (χ1v) is 7.84. The van der Waals surface area contributed by atoms with Gasteiger partial charge in [-0.05, 0) is 42.0 Å². The van der Waals surface area contributed by atoms with E-state index in [-0.39, 0.29) is 11.3 Å². The summed E-state index contributed by atoms with van der Waals surface area (Å²) in [5.74, 6) is -2.39. The van der Waals surface area contributed by atoms with Crippen LogP contribution in [0.4, 0.5) is 4.39 Å². The molecule has 0 fully saturated rings. The van der Waals surface area contributed by atoms with Gasteiger partial charge in [0.25, 0.3) is 0 Å². The Morgan fingerprint density at radius 3 is 2.26 bits per heavy atom. The third kappa shape index (κ3) is 5.50. The van der Waals surface area contributed by atoms with Crippen molar-refractivity contribution in [3.05, 3.63) is 71.0 Å². The Hall–Kier alpha value is -3.48. The van der Waals surface area contributed by atoms with Crippen LogP contribution in [0.5, 0.6) is 5.75 Å². The first-order valence-electron chi connectivity index (χ1n) is 7.84. The number of rotatable bonds is 7. The summed E-state index contributed by atoms with van der Waals surface area (Å²) >= 11 is 0. The zero-order chi connectivity index (χ0) is 19.8. The first-order chi connectivity index (χ1) is 12.9. The molecule has 0 atom stereocenters. The van der Waals surface area contributed by atoms with Gasteiger partial charge in [-0.25, -0.2) is 14.0 Å². The molecule has 0 bridgehead atoms. The van der Waals surface area contributed by atoms with E-state index in [4.69, 9.17) is 9.47 Å². The molecule has 0 spiro atoms. The molecule has 2 aromatic carbocycles. The maximum Gasteiger partial charge on any atom is 0.337 e. The number of carbonyl (C=O) groups excluding carboxylic acids is 3. The van der Waals surface area contributed by atoms with E-state index in [1.807, 2.05) is 0 Å². The zero-order valence-corrected chi connectivity index (χ0v) is 14.7. The number of ketones is 1. The van der Waals surface area contributed by atoms with Crippen LogP contribution in [0.2, 0.25) is 0 Å². The van der Waals surface area contributed by atoms with Crippen LogP contribution in [0.15, 0.2) is 48.5 Å². The van der Waals surface area contributed by atoms with Gasteiger partial charge in [-0.15, -0.1) is 0 Å². The topological polar surface area (TPSA) is 78.9 Å². The van der Waals surface area contributed by atoms with Crippen molar-refractivity contribution in [3.63, 3.8) is 0 Å². The third-order valence-corrected chi connectivity index (χ3v) is 3.56. The minimum atomic E-state index is -0.727. The molecule has 0 N–H and O–H groups in total. The van der Waals surface area contributed by atoms with Crippen molar-refractivity contribution in [3.8, 4) is 5.75 Å². The van der Waals surface area contributed by atoms with Crippen LogP contribution in [0.25, 0.3) is 6.08 Å². The molecule has 0 aliphatic heterocycles. The van der Waals surface area contributed by atoms with Crippen molar-refractivity contribution in [2.75, 3.05) is 20.8 Å². The number of Topliss-reactive ketones (excluding diaryl/α,β-unsaturated/α-hetero) is 1. The van der Waals surface area contributed by atoms with E-state index in [1.165, 1.54) is 32.4 Å². The molecule has 0 aliphatic rings. The molecule has 2 aromatic rings. The second-order valence-corrected chi connectivity index (χ2v) is 5.33. The summed E-state index contributed by atoms with van der Waals surface area (Å²) in [6, 6.07) is 10.1. The smallest absolute Gasteiger partial charge is 0.337 e. The second-order valence-electron chi connectivity index (χ2n) is 5.33. The molecule has 0 aromatic heterocycles. The summed E-state index contributed by atoms with van der Waals surface area (Å²) in [5, 5.41) is 0. The summed E-state index contributed by atoms with van der Waals surface area (Å²) in [4.78, 5) is 35.0. The molecule has 0 saturated carbocycles. The van der Waals surface area contributed by atoms with Gasteiger partial charge in [-0.2, -0.15) is 0 Å². The Balaban J connectivity index is 1.90. The molecule has 0 radical (unpaired) electrons. The Kier molecular flexibility index (Phi) is 6.82. The van der Waals surface area contributed by atoms with Crippen LogP contribution in [0, 0.1) is 5.82 Å². The van der Waals surface area contributed by atoms with Gasteiger partial charge in [0.2, 0.25) is 0 Å². The van der Waals surface area contributed by atoms with Crippen LogP contribution < -0.4 is 4.74 Å². The van der Waals surface area contributed by atoms with E-state index < -0.39 is 30.1 Å². The van der Waals surface area contributed by atoms with Gasteiger partial charge in [-0.3, -0.25) is 4.79 Å². The molecule has 27 heavy (non-hydrogen) atoms. The lowest BCUT2D eigenvalue weighted by molar-refractivity contribution is -0.136. The molecule has 0 unspecified atom stereocenters. The molecule has 6 nitrogen and oxygen atoms in total. The highest BCUT2D eigenvalue weighted by Gasteiger charge is 2.12. The van der Waals surface area contributed by atoms with E-state index in [0.717, 1.165) is 12.1 Å². The van der Waals surface area contributed by atoms with Crippen molar-refractivity contribution in [2.24, 2.45) is 0 Å². The highest BCUT2D eigenvalue weighted by Crippen LogP contribution is 2.18. The number of halogens is 1. The number of carbonyl (C=O) groups is 3. The van der Waals surface area contributed by atoms with Gasteiger partial charge in [0.1, 0.15) is 0 Å². The Labute approximate surface area is 155 Å². The monoisotopic (exact) mass is 372 g/mol. The van der Waals surface area contributed by atoms with E-state index >= 15 is 0 Å². The van der Waals surface area contributed by atoms with Gasteiger partial charge < -0.3 is 14.2 Å². The highest BCUT2D eigenvalue weighted by atomic mass is 19.1. The molecule has 0 saturated heterocycles. The average molecular weight is 372 g/mol. The van der Waals surface area contributed by atoms with Crippen molar-refractivity contribution in [1.29, 1.82) is 0 Å². The fourth-order valence-corrected chi connectivity index (χ4v) is 2.12. The number of hydrogen-bond donors (Lipinski definition) is 0. The standard InChI is InChI=1S/C20H17FO6/c1-25-18-9-8-15(11-16(18)21)17(22)12-27-19(23)10-5-13-3-6-14(7-4-13)20(24)26-2/h3-11H,12H2,1-2H3/b10-5+. The minimum absolute atomic E-state index is 0.0182. The first kappa shape index (κ1) is 19.8. The number of benzene rings is 2. The van der Waals surface area contributed by atoms with Gasteiger partial charge >= 0.3 is 11.9 Å². The third-order valence-electron chi connectivity index (χ3n) is 3.56. The van der Waals surface area contributed by atoms with Gasteiger partial charge in [0, 0.05) is 11.6 Å². The van der Waals surface area contributed by atoms with Gasteiger partial charge in [0.15, 0.2) is 24.0 Å². The normalized spacial score (nSPS) is 10.5. The molecule has 0 amide bonds. The summed E-state index contributed by atoms with van der Waals surface area (Å²) in [5.41, 5.74) is 1.11. The Morgan fingerprint density at radius 1 is 1.00 bits per heavy atom. The van der Waals surface area contributed by atoms with E-state index in [2.05, 4.69) is 4.74 Å². The molecule has 140 valence electrons. The predicted molar refractivity (Wildman–Crippen MR) is 95.1 cm³/mol. The fourth-order valence-electron chi connectivity index (χ4n) is 2.12. The quantitative estimate of drug-likeness (QED) is 0.422. The maximum atomic E-state index is 13.6. The minimum Gasteiger partial charge on any atom is -0.494 e. The van der Waals surface area contributed by atoms with E-state index in [9.17, 15) is 18.8 Å². The van der Waals surface area contributed by atoms with E-state index in [1.54, 1.807) is 24.3 Å². The van der Waals surface area contributed by atoms with Crippen LogP contribution >= 0.6 is 0 Å². The zero-order valence-electron chi connectivity index (χ0n) is 14.7. The molecular weight excluding hydrogens is 355 g/mol. The Bertz CT molecular complexity index is 871. The molecular formula is C20H17FO6. The number of esters is 2. The van der Waals surface area contributed by atoms with Crippen LogP contribution in [-0.2, 0) is 14.3 Å². The highest BCUT2D eigenvalue weighted by molar-refractivity contribution is 5.99. The summed E-state index contributed by atoms with van der Waals surface area (Å²) < 4.78 is 27.8. The van der Waals surface area contributed by atoms with Crippen LogP contribution in [0.1, 0.15) is 26.3 Å². The largest absolute Gasteiger partial charge is 0.494 e.